The van der Waals surface area contributed by atoms with E-state index in [0.717, 1.165) is 134 Å². The third kappa shape index (κ3) is 8.59. The molecular weight excluding hydrogens is 1190 g/mol. The molecule has 15 aromatic carbocycles. The number of para-hydroxylation sites is 10. The van der Waals surface area contributed by atoms with Gasteiger partial charge in [-0.3, -0.25) is 9.13 Å². The quantitative estimate of drug-likeness (QED) is 0.135. The van der Waals surface area contributed by atoms with E-state index in [4.69, 9.17) is 0 Å². The van der Waals surface area contributed by atoms with Gasteiger partial charge in [0, 0.05) is 65.8 Å². The largest absolute Gasteiger partial charge is 0.338 e. The molecule has 0 spiro atoms. The van der Waals surface area contributed by atoms with E-state index in [2.05, 4.69) is 358 Å². The maximum Gasteiger partial charge on any atom is 0.338 e. The summed E-state index contributed by atoms with van der Waals surface area (Å²) in [5.74, 6) is 0. The maximum absolute atomic E-state index is 16.4. The van der Waals surface area contributed by atoms with Crippen molar-refractivity contribution >= 4 is 98.3 Å². The predicted octanol–water partition coefficient (Wildman–Crippen LogP) is 22.8. The molecule has 0 aliphatic rings. The average molecular weight is 1250 g/mol. The van der Waals surface area contributed by atoms with E-state index in [9.17, 15) is 0 Å². The van der Waals surface area contributed by atoms with E-state index in [1.165, 1.54) is 43.1 Å². The van der Waals surface area contributed by atoms with Crippen molar-refractivity contribution in [2.75, 3.05) is 0 Å². The van der Waals surface area contributed by atoms with Crippen molar-refractivity contribution in [3.63, 3.8) is 0 Å². The number of rotatable bonds is 10. The molecule has 7 nitrogen and oxygen atoms in total. The van der Waals surface area contributed by atoms with Crippen LogP contribution in [0.3, 0.4) is 0 Å². The molecule has 20 rings (SSSR count). The Hall–Kier alpha value is -13.2. The minimum absolute atomic E-state index is 0.177. The van der Waals surface area contributed by atoms with Gasteiger partial charge < -0.3 is 18.3 Å². The van der Waals surface area contributed by atoms with Gasteiger partial charge in [-0.25, -0.2) is 4.79 Å². The summed E-state index contributed by atoms with van der Waals surface area (Å²) in [5.41, 5.74) is 24.5. The van der Waals surface area contributed by atoms with Crippen LogP contribution in [0.1, 0.15) is 0 Å². The fourth-order valence-electron chi connectivity index (χ4n) is 15.8. The first kappa shape index (κ1) is 55.2. The predicted molar refractivity (Wildman–Crippen MR) is 408 cm³/mol. The van der Waals surface area contributed by atoms with Gasteiger partial charge in [-0.2, -0.15) is 0 Å². The molecule has 0 radical (unpaired) electrons. The molecule has 20 aromatic rings. The third-order valence-electron chi connectivity index (χ3n) is 20.3. The first-order valence-corrected chi connectivity index (χ1v) is 33.4. The Bertz CT molecular complexity index is 5700. The number of hydrogen-bond donors (Lipinski definition) is 0. The highest BCUT2D eigenvalue weighted by molar-refractivity contribution is 6.12. The summed E-state index contributed by atoms with van der Waals surface area (Å²) in [6.45, 7) is 0. The molecule has 0 saturated carbocycles. The number of imidazole rings is 1. The van der Waals surface area contributed by atoms with Gasteiger partial charge in [0.1, 0.15) is 0 Å². The number of aromatic nitrogens is 6. The zero-order valence-corrected chi connectivity index (χ0v) is 53.1. The second-order valence-electron chi connectivity index (χ2n) is 25.6. The van der Waals surface area contributed by atoms with Gasteiger partial charge >= 0.3 is 5.69 Å². The molecule has 98 heavy (non-hydrogen) atoms. The van der Waals surface area contributed by atoms with Crippen LogP contribution in [0.25, 0.3) is 177 Å². The molecule has 0 saturated heterocycles. The fourth-order valence-corrected chi connectivity index (χ4v) is 15.8. The van der Waals surface area contributed by atoms with E-state index < -0.39 is 0 Å². The average Bonchev–Trinajstić information content (AvgIpc) is 1.62. The van der Waals surface area contributed by atoms with Crippen molar-refractivity contribution in [2.24, 2.45) is 0 Å². The van der Waals surface area contributed by atoms with Crippen molar-refractivity contribution in [1.82, 2.24) is 27.4 Å². The first-order valence-electron chi connectivity index (χ1n) is 33.4. The van der Waals surface area contributed by atoms with E-state index in [1.807, 2.05) is 21.3 Å². The van der Waals surface area contributed by atoms with E-state index in [-0.39, 0.29) is 5.69 Å². The molecule has 0 N–H and O–H groups in total. The lowest BCUT2D eigenvalue weighted by atomic mass is 9.97. The fraction of sp³-hybridized carbons (Fsp3) is 0. The second kappa shape index (κ2) is 21.9. The highest BCUT2D eigenvalue weighted by Gasteiger charge is 2.22. The standard InChI is InChI=1S/C91H58N6O/c98-91-96(71-55-63(59-37-45-67(46-38-59)92-81-27-9-1-19-73(81)74-20-2-10-28-82(74)92)53-64(56-71)60-39-47-68(48-40-60)93-83-29-11-3-21-75(83)76-22-4-12-30-84(76)93)89-35-17-18-36-90(89)97(91)72-57-65(61-41-49-69(50-42-61)94-85-31-13-5-23-77(85)78-24-6-14-32-86(78)94)54-66(58-72)62-43-51-70(52-44-62)95-87-33-15-7-25-79(87)80-26-8-16-34-88(80)95/h1-58H. The Morgan fingerprint density at radius 1 is 0.143 bits per heavy atom. The summed E-state index contributed by atoms with van der Waals surface area (Å²) in [5, 5.41) is 9.75. The number of hydrogen-bond acceptors (Lipinski definition) is 1. The molecule has 0 unspecified atom stereocenters. The lowest BCUT2D eigenvalue weighted by Crippen LogP contribution is -2.22. The van der Waals surface area contributed by atoms with Crippen LogP contribution in [0.4, 0.5) is 0 Å². The molecule has 0 atom stereocenters. The van der Waals surface area contributed by atoms with Gasteiger partial charge in [0.2, 0.25) is 0 Å². The smallest absolute Gasteiger partial charge is 0.309 e. The molecule has 5 heterocycles. The van der Waals surface area contributed by atoms with E-state index >= 15 is 4.79 Å². The zero-order chi connectivity index (χ0) is 64.5. The van der Waals surface area contributed by atoms with Crippen molar-refractivity contribution in [3.05, 3.63) is 362 Å². The van der Waals surface area contributed by atoms with Crippen molar-refractivity contribution in [2.45, 2.75) is 0 Å². The molecule has 0 aliphatic carbocycles. The highest BCUT2D eigenvalue weighted by Crippen LogP contribution is 2.41. The maximum atomic E-state index is 16.4. The third-order valence-corrected chi connectivity index (χ3v) is 20.3. The summed E-state index contributed by atoms with van der Waals surface area (Å²) < 4.78 is 13.2. The van der Waals surface area contributed by atoms with Crippen LogP contribution in [0.5, 0.6) is 0 Å². The van der Waals surface area contributed by atoms with Crippen LogP contribution in [-0.2, 0) is 0 Å². The van der Waals surface area contributed by atoms with Crippen LogP contribution >= 0.6 is 0 Å². The molecule has 0 aliphatic heterocycles. The Morgan fingerprint density at radius 2 is 0.316 bits per heavy atom. The summed E-state index contributed by atoms with van der Waals surface area (Å²) >= 11 is 0. The van der Waals surface area contributed by atoms with Crippen molar-refractivity contribution < 1.29 is 0 Å². The van der Waals surface area contributed by atoms with Crippen LogP contribution in [0, 0.1) is 0 Å². The zero-order valence-electron chi connectivity index (χ0n) is 53.1. The summed E-state index contributed by atoms with van der Waals surface area (Å²) in [7, 11) is 0. The Kier molecular flexibility index (Phi) is 12.4. The topological polar surface area (TPSA) is 46.6 Å². The van der Waals surface area contributed by atoms with Gasteiger partial charge in [-0.15, -0.1) is 0 Å². The normalized spacial score (nSPS) is 11.9. The van der Waals surface area contributed by atoms with E-state index in [1.54, 1.807) is 0 Å². The van der Waals surface area contributed by atoms with Crippen molar-refractivity contribution in [1.29, 1.82) is 0 Å². The van der Waals surface area contributed by atoms with Crippen molar-refractivity contribution in [3.8, 4) is 78.6 Å². The second-order valence-corrected chi connectivity index (χ2v) is 25.6. The lowest BCUT2D eigenvalue weighted by Gasteiger charge is -2.14. The van der Waals surface area contributed by atoms with Gasteiger partial charge in [-0.05, 0) is 190 Å². The van der Waals surface area contributed by atoms with Crippen LogP contribution < -0.4 is 5.69 Å². The van der Waals surface area contributed by atoms with Crippen LogP contribution in [0.15, 0.2) is 357 Å². The van der Waals surface area contributed by atoms with E-state index in [0.29, 0.717) is 0 Å². The number of nitrogens with zero attached hydrogens (tertiary/aromatic N) is 6. The summed E-state index contributed by atoms with van der Waals surface area (Å²) in [6, 6.07) is 126. The van der Waals surface area contributed by atoms with Crippen LogP contribution in [0.2, 0.25) is 0 Å². The summed E-state index contributed by atoms with van der Waals surface area (Å²) in [6.07, 6.45) is 0. The molecule has 0 amide bonds. The van der Waals surface area contributed by atoms with Crippen LogP contribution in [-0.4, -0.2) is 27.4 Å². The Labute approximate surface area is 563 Å². The number of benzene rings is 15. The molecule has 7 heteroatoms. The minimum atomic E-state index is -0.177. The van der Waals surface area contributed by atoms with Gasteiger partial charge in [0.15, 0.2) is 0 Å². The molecule has 0 fully saturated rings. The first-order chi connectivity index (χ1) is 48.5. The van der Waals surface area contributed by atoms with Gasteiger partial charge in [0.05, 0.1) is 66.5 Å². The monoisotopic (exact) mass is 1250 g/mol. The highest BCUT2D eigenvalue weighted by atomic mass is 16.1. The Morgan fingerprint density at radius 3 is 0.510 bits per heavy atom. The number of fused-ring (bicyclic) bond motifs is 13. The van der Waals surface area contributed by atoms with Gasteiger partial charge in [-0.1, -0.05) is 206 Å². The summed E-state index contributed by atoms with van der Waals surface area (Å²) in [4.78, 5) is 16.4. The molecule has 5 aromatic heterocycles. The SMILES string of the molecule is O=c1n(-c2cc(-c3ccc(-n4c5ccccc5c5ccccc54)cc3)cc(-c3ccc(-n4c5ccccc5c5ccccc54)cc3)c2)c2ccccc2n1-c1cc(-c2ccc(-n3c4ccccc4c4ccccc43)cc2)cc(-c2ccc(-n3c4ccccc4c4ccccc43)cc2)c1. The molecule has 458 valence electrons. The Balaban J connectivity index is 0.756. The molecular formula is C91H58N6O. The lowest BCUT2D eigenvalue weighted by molar-refractivity contribution is 0.931. The minimum Gasteiger partial charge on any atom is -0.309 e. The van der Waals surface area contributed by atoms with Gasteiger partial charge in [0.25, 0.3) is 0 Å². The molecule has 0 bridgehead atoms.